The van der Waals surface area contributed by atoms with Gasteiger partial charge >= 0.3 is 6.03 Å². The van der Waals surface area contributed by atoms with E-state index < -0.39 is 0 Å². The Morgan fingerprint density at radius 1 is 1.00 bits per heavy atom. The van der Waals surface area contributed by atoms with Crippen LogP contribution < -0.4 is 10.6 Å². The number of ether oxygens (including phenoxy) is 2. The van der Waals surface area contributed by atoms with Gasteiger partial charge in [0.15, 0.2) is 0 Å². The predicted octanol–water partition coefficient (Wildman–Crippen LogP) is 2.84. The highest BCUT2D eigenvalue weighted by atomic mass is 16.5. The van der Waals surface area contributed by atoms with Crippen LogP contribution in [0, 0.1) is 5.92 Å². The van der Waals surface area contributed by atoms with Crippen molar-refractivity contribution >= 4 is 23.3 Å². The summed E-state index contributed by atoms with van der Waals surface area (Å²) in [6, 6.07) is 7.53. The third-order valence-corrected chi connectivity index (χ3v) is 5.35. The van der Waals surface area contributed by atoms with Gasteiger partial charge in [0, 0.05) is 43.1 Å². The molecule has 146 valence electrons. The Bertz CT molecular complexity index is 662. The normalized spacial score (nSPS) is 24.6. The standard InChI is InChI=1S/C20H27N3O4/c24-19(18-2-1-10-27-18)21-15-3-5-16(6-4-15)22-20(25)23(17-7-8-17)12-14-9-11-26-13-14/h3-6,14,17-18H,1-2,7-13H2,(H,21,24)(H,22,25)/t14-,18+/m1/s1. The van der Waals surface area contributed by atoms with Gasteiger partial charge in [-0.25, -0.2) is 4.79 Å². The number of urea groups is 1. The zero-order valence-corrected chi connectivity index (χ0v) is 15.5. The van der Waals surface area contributed by atoms with Crippen LogP contribution in [0.4, 0.5) is 16.2 Å². The second-order valence-electron chi connectivity index (χ2n) is 7.61. The Labute approximate surface area is 159 Å². The summed E-state index contributed by atoms with van der Waals surface area (Å²) in [5.41, 5.74) is 1.43. The Kier molecular flexibility index (Phi) is 5.59. The van der Waals surface area contributed by atoms with E-state index in [0.717, 1.165) is 57.6 Å². The third kappa shape index (κ3) is 4.78. The van der Waals surface area contributed by atoms with Crippen LogP contribution in [0.15, 0.2) is 24.3 Å². The first-order valence-electron chi connectivity index (χ1n) is 9.87. The molecule has 7 nitrogen and oxygen atoms in total. The lowest BCUT2D eigenvalue weighted by molar-refractivity contribution is -0.124. The van der Waals surface area contributed by atoms with E-state index >= 15 is 0 Å². The molecule has 2 atom stereocenters. The molecule has 3 fully saturated rings. The van der Waals surface area contributed by atoms with Crippen molar-refractivity contribution in [3.05, 3.63) is 24.3 Å². The first-order valence-corrected chi connectivity index (χ1v) is 9.87. The summed E-state index contributed by atoms with van der Waals surface area (Å²) in [4.78, 5) is 26.7. The summed E-state index contributed by atoms with van der Waals surface area (Å²) >= 11 is 0. The quantitative estimate of drug-likeness (QED) is 0.804. The highest BCUT2D eigenvalue weighted by Crippen LogP contribution is 2.29. The second kappa shape index (κ2) is 8.27. The van der Waals surface area contributed by atoms with Crippen molar-refractivity contribution in [2.45, 2.75) is 44.2 Å². The van der Waals surface area contributed by atoms with Crippen LogP contribution in [0.1, 0.15) is 32.1 Å². The monoisotopic (exact) mass is 373 g/mol. The van der Waals surface area contributed by atoms with Gasteiger partial charge in [-0.3, -0.25) is 4.79 Å². The number of rotatable bonds is 6. The van der Waals surface area contributed by atoms with Gasteiger partial charge in [-0.2, -0.15) is 0 Å². The van der Waals surface area contributed by atoms with E-state index in [4.69, 9.17) is 9.47 Å². The lowest BCUT2D eigenvalue weighted by Gasteiger charge is -2.25. The van der Waals surface area contributed by atoms with Crippen molar-refractivity contribution in [1.29, 1.82) is 0 Å². The minimum Gasteiger partial charge on any atom is -0.381 e. The molecular weight excluding hydrogens is 346 g/mol. The molecule has 4 rings (SSSR count). The molecule has 2 heterocycles. The van der Waals surface area contributed by atoms with Crippen molar-refractivity contribution in [2.75, 3.05) is 37.0 Å². The molecule has 1 saturated carbocycles. The van der Waals surface area contributed by atoms with Crippen molar-refractivity contribution in [2.24, 2.45) is 5.92 Å². The first-order chi connectivity index (χ1) is 13.2. The van der Waals surface area contributed by atoms with Crippen molar-refractivity contribution in [3.8, 4) is 0 Å². The van der Waals surface area contributed by atoms with E-state index in [1.54, 1.807) is 12.1 Å². The largest absolute Gasteiger partial charge is 0.381 e. The molecule has 1 aromatic rings. The molecule has 3 aliphatic rings. The van der Waals surface area contributed by atoms with Gasteiger partial charge in [-0.05, 0) is 56.4 Å². The van der Waals surface area contributed by atoms with Gasteiger partial charge in [0.1, 0.15) is 6.10 Å². The van der Waals surface area contributed by atoms with E-state index in [0.29, 0.717) is 24.3 Å². The van der Waals surface area contributed by atoms with Crippen LogP contribution in [-0.4, -0.2) is 55.3 Å². The highest BCUT2D eigenvalue weighted by molar-refractivity contribution is 5.95. The van der Waals surface area contributed by atoms with Crippen LogP contribution in [0.5, 0.6) is 0 Å². The highest BCUT2D eigenvalue weighted by Gasteiger charge is 2.34. The van der Waals surface area contributed by atoms with Gasteiger partial charge in [-0.15, -0.1) is 0 Å². The maximum Gasteiger partial charge on any atom is 0.322 e. The number of amides is 3. The third-order valence-electron chi connectivity index (χ3n) is 5.35. The van der Waals surface area contributed by atoms with Gasteiger partial charge in [0.05, 0.1) is 6.61 Å². The summed E-state index contributed by atoms with van der Waals surface area (Å²) < 4.78 is 10.8. The molecule has 0 spiro atoms. The molecule has 0 unspecified atom stereocenters. The fourth-order valence-electron chi connectivity index (χ4n) is 3.63. The van der Waals surface area contributed by atoms with E-state index in [2.05, 4.69) is 10.6 Å². The van der Waals surface area contributed by atoms with Gasteiger partial charge in [0.25, 0.3) is 5.91 Å². The number of carbonyl (C=O) groups excluding carboxylic acids is 2. The molecule has 2 saturated heterocycles. The van der Waals surface area contributed by atoms with Crippen molar-refractivity contribution in [1.82, 2.24) is 4.90 Å². The lowest BCUT2D eigenvalue weighted by atomic mass is 10.1. The Balaban J connectivity index is 1.31. The molecule has 1 aromatic carbocycles. The Hall–Kier alpha value is -2.12. The first kappa shape index (κ1) is 18.3. The fraction of sp³-hybridized carbons (Fsp3) is 0.600. The van der Waals surface area contributed by atoms with Crippen LogP contribution in [0.2, 0.25) is 0 Å². The zero-order valence-electron chi connectivity index (χ0n) is 15.5. The second-order valence-corrected chi connectivity index (χ2v) is 7.61. The lowest BCUT2D eigenvalue weighted by Crippen LogP contribution is -2.40. The number of nitrogens with one attached hydrogen (secondary N) is 2. The Morgan fingerprint density at radius 3 is 2.33 bits per heavy atom. The van der Waals surface area contributed by atoms with E-state index in [1.165, 1.54) is 0 Å². The topological polar surface area (TPSA) is 79.9 Å². The number of nitrogens with zero attached hydrogens (tertiary/aromatic N) is 1. The number of hydrogen-bond donors (Lipinski definition) is 2. The molecule has 0 aromatic heterocycles. The van der Waals surface area contributed by atoms with Crippen molar-refractivity contribution < 1.29 is 19.1 Å². The fourth-order valence-corrected chi connectivity index (χ4v) is 3.63. The molecule has 27 heavy (non-hydrogen) atoms. The molecule has 2 aliphatic heterocycles. The summed E-state index contributed by atoms with van der Waals surface area (Å²) in [6.45, 7) is 2.94. The minimum atomic E-state index is -0.351. The predicted molar refractivity (Wildman–Crippen MR) is 102 cm³/mol. The number of hydrogen-bond acceptors (Lipinski definition) is 4. The zero-order chi connectivity index (χ0) is 18.6. The molecule has 0 radical (unpaired) electrons. The maximum atomic E-state index is 12.7. The summed E-state index contributed by atoms with van der Waals surface area (Å²) in [5, 5.41) is 5.84. The molecule has 3 amide bonds. The number of anilines is 2. The van der Waals surface area contributed by atoms with E-state index in [9.17, 15) is 9.59 Å². The van der Waals surface area contributed by atoms with Crippen LogP contribution in [0.25, 0.3) is 0 Å². The molecule has 2 N–H and O–H groups in total. The van der Waals surface area contributed by atoms with Gasteiger partial charge < -0.3 is 25.0 Å². The van der Waals surface area contributed by atoms with Crippen LogP contribution >= 0.6 is 0 Å². The SMILES string of the molecule is O=C(Nc1ccc(NC(=O)N(C[C@H]2CCOC2)C2CC2)cc1)[C@@H]1CCCO1. The molecule has 7 heteroatoms. The number of benzene rings is 1. The smallest absolute Gasteiger partial charge is 0.322 e. The van der Waals surface area contributed by atoms with Crippen LogP contribution in [-0.2, 0) is 14.3 Å². The molecular formula is C20H27N3O4. The van der Waals surface area contributed by atoms with Gasteiger partial charge in [-0.1, -0.05) is 0 Å². The Morgan fingerprint density at radius 2 is 1.74 bits per heavy atom. The number of carbonyl (C=O) groups is 2. The minimum absolute atomic E-state index is 0.0551. The average molecular weight is 373 g/mol. The summed E-state index contributed by atoms with van der Waals surface area (Å²) in [7, 11) is 0. The van der Waals surface area contributed by atoms with Gasteiger partial charge in [0.2, 0.25) is 0 Å². The summed E-state index contributed by atoms with van der Waals surface area (Å²) in [5.74, 6) is 0.328. The van der Waals surface area contributed by atoms with E-state index in [-0.39, 0.29) is 18.0 Å². The maximum absolute atomic E-state index is 12.7. The van der Waals surface area contributed by atoms with Crippen LogP contribution in [0.3, 0.4) is 0 Å². The summed E-state index contributed by atoms with van der Waals surface area (Å²) in [6.07, 6.45) is 4.52. The molecule has 1 aliphatic carbocycles. The average Bonchev–Trinajstić information content (AvgIpc) is 3.13. The van der Waals surface area contributed by atoms with E-state index in [1.807, 2.05) is 17.0 Å². The molecule has 0 bridgehead atoms. The van der Waals surface area contributed by atoms with Crippen molar-refractivity contribution in [3.63, 3.8) is 0 Å².